The first-order valence-corrected chi connectivity index (χ1v) is 7.47. The second-order valence-electron chi connectivity index (χ2n) is 4.76. The molecule has 0 aliphatic carbocycles. The summed E-state index contributed by atoms with van der Waals surface area (Å²) in [5.74, 6) is 0.900. The molecule has 2 aromatic heterocycles. The molecule has 3 rings (SSSR count). The van der Waals surface area contributed by atoms with E-state index >= 15 is 0 Å². The summed E-state index contributed by atoms with van der Waals surface area (Å²) in [6.45, 7) is 3.18. The Morgan fingerprint density at radius 3 is 3.10 bits per heavy atom. The Labute approximate surface area is 121 Å². The van der Waals surface area contributed by atoms with Crippen LogP contribution in [0.3, 0.4) is 0 Å². The van der Waals surface area contributed by atoms with Gasteiger partial charge in [0, 0.05) is 17.8 Å². The Balaban J connectivity index is 1.75. The Bertz CT molecular complexity index is 688. The Hall–Kier alpha value is -1.85. The quantitative estimate of drug-likeness (QED) is 0.785. The smallest absolute Gasteiger partial charge is 0.193 e. The highest BCUT2D eigenvalue weighted by atomic mass is 32.1. The van der Waals surface area contributed by atoms with E-state index in [0.717, 1.165) is 28.4 Å². The lowest BCUT2D eigenvalue weighted by Gasteiger charge is -2.10. The molecular formula is C15H17N3OS. The molecule has 104 valence electrons. The first kappa shape index (κ1) is 13.1. The van der Waals surface area contributed by atoms with Crippen molar-refractivity contribution in [1.29, 1.82) is 0 Å². The predicted octanol–water partition coefficient (Wildman–Crippen LogP) is 2.78. The lowest BCUT2D eigenvalue weighted by atomic mass is 10.1. The van der Waals surface area contributed by atoms with Crippen LogP contribution in [0.2, 0.25) is 0 Å². The summed E-state index contributed by atoms with van der Waals surface area (Å²) in [6, 6.07) is 6.20. The van der Waals surface area contributed by atoms with E-state index in [0.29, 0.717) is 13.2 Å². The minimum atomic E-state index is 0.481. The number of benzene rings is 1. The number of ether oxygens (including phenoxy) is 1. The standard InChI is InChI=1S/C15H17N3OS/c1-11-2-3-14(12(8-11)4-5-16)19-10-13-9-18-6-7-20-15(18)17-13/h2-3,6-9H,4-5,10,16H2,1H3. The molecule has 0 aliphatic rings. The molecule has 1 aromatic carbocycles. The van der Waals surface area contributed by atoms with Gasteiger partial charge in [0.1, 0.15) is 12.4 Å². The van der Waals surface area contributed by atoms with Gasteiger partial charge in [0.2, 0.25) is 0 Å². The highest BCUT2D eigenvalue weighted by Crippen LogP contribution is 2.22. The number of hydrogen-bond acceptors (Lipinski definition) is 4. The van der Waals surface area contributed by atoms with Crippen molar-refractivity contribution >= 4 is 16.3 Å². The monoisotopic (exact) mass is 287 g/mol. The lowest BCUT2D eigenvalue weighted by molar-refractivity contribution is 0.299. The van der Waals surface area contributed by atoms with Gasteiger partial charge in [-0.2, -0.15) is 0 Å². The molecular weight excluding hydrogens is 270 g/mol. The molecule has 0 atom stereocenters. The van der Waals surface area contributed by atoms with Gasteiger partial charge in [0.15, 0.2) is 4.96 Å². The van der Waals surface area contributed by atoms with Gasteiger partial charge in [0.05, 0.1) is 5.69 Å². The van der Waals surface area contributed by atoms with Crippen molar-refractivity contribution < 1.29 is 4.74 Å². The van der Waals surface area contributed by atoms with Gasteiger partial charge in [-0.3, -0.25) is 4.40 Å². The van der Waals surface area contributed by atoms with Crippen LogP contribution in [-0.2, 0) is 13.0 Å². The number of nitrogens with two attached hydrogens (primary N) is 1. The molecule has 0 amide bonds. The summed E-state index contributed by atoms with van der Waals surface area (Å²) in [7, 11) is 0. The van der Waals surface area contributed by atoms with Gasteiger partial charge in [-0.1, -0.05) is 17.7 Å². The number of thiazole rings is 1. The van der Waals surface area contributed by atoms with Crippen LogP contribution in [0, 0.1) is 6.92 Å². The SMILES string of the molecule is Cc1ccc(OCc2cn3ccsc3n2)c(CCN)c1. The van der Waals surface area contributed by atoms with Gasteiger partial charge in [-0.15, -0.1) is 11.3 Å². The predicted molar refractivity (Wildman–Crippen MR) is 81.3 cm³/mol. The minimum absolute atomic E-state index is 0.481. The Morgan fingerprint density at radius 1 is 1.40 bits per heavy atom. The van der Waals surface area contributed by atoms with Crippen molar-refractivity contribution in [1.82, 2.24) is 9.38 Å². The highest BCUT2D eigenvalue weighted by Gasteiger charge is 2.07. The number of imidazole rings is 1. The largest absolute Gasteiger partial charge is 0.487 e. The number of aromatic nitrogens is 2. The minimum Gasteiger partial charge on any atom is -0.487 e. The zero-order chi connectivity index (χ0) is 13.9. The summed E-state index contributed by atoms with van der Waals surface area (Å²) in [6.07, 6.45) is 4.83. The van der Waals surface area contributed by atoms with E-state index in [4.69, 9.17) is 10.5 Å². The van der Waals surface area contributed by atoms with Crippen molar-refractivity contribution in [2.75, 3.05) is 6.54 Å². The fourth-order valence-corrected chi connectivity index (χ4v) is 2.92. The van der Waals surface area contributed by atoms with Crippen LogP contribution in [-0.4, -0.2) is 15.9 Å². The number of hydrogen-bond donors (Lipinski definition) is 1. The Kier molecular flexibility index (Phi) is 3.71. The van der Waals surface area contributed by atoms with E-state index in [1.54, 1.807) is 11.3 Å². The highest BCUT2D eigenvalue weighted by molar-refractivity contribution is 7.15. The fourth-order valence-electron chi connectivity index (χ4n) is 2.20. The van der Waals surface area contributed by atoms with E-state index in [-0.39, 0.29) is 0 Å². The normalized spacial score (nSPS) is 11.1. The van der Waals surface area contributed by atoms with Gasteiger partial charge in [-0.25, -0.2) is 4.98 Å². The van der Waals surface area contributed by atoms with Crippen molar-refractivity contribution in [2.24, 2.45) is 5.73 Å². The number of rotatable bonds is 5. The fraction of sp³-hybridized carbons (Fsp3) is 0.267. The second-order valence-corrected chi connectivity index (χ2v) is 5.64. The summed E-state index contributed by atoms with van der Waals surface area (Å²) in [5, 5.41) is 2.02. The third-order valence-corrected chi connectivity index (χ3v) is 3.92. The zero-order valence-electron chi connectivity index (χ0n) is 11.4. The van der Waals surface area contributed by atoms with E-state index in [2.05, 4.69) is 24.0 Å². The maximum Gasteiger partial charge on any atom is 0.193 e. The molecule has 0 spiro atoms. The van der Waals surface area contributed by atoms with Gasteiger partial charge in [0.25, 0.3) is 0 Å². The van der Waals surface area contributed by atoms with Crippen molar-refractivity contribution in [3.63, 3.8) is 0 Å². The summed E-state index contributed by atoms with van der Waals surface area (Å²) in [4.78, 5) is 5.51. The molecule has 2 heterocycles. The first-order chi connectivity index (χ1) is 9.76. The number of aryl methyl sites for hydroxylation is 1. The molecule has 2 N–H and O–H groups in total. The third kappa shape index (κ3) is 2.69. The van der Waals surface area contributed by atoms with Crippen molar-refractivity contribution in [3.8, 4) is 5.75 Å². The van der Waals surface area contributed by atoms with Crippen LogP contribution < -0.4 is 10.5 Å². The summed E-state index contributed by atoms with van der Waals surface area (Å²) >= 11 is 1.62. The molecule has 0 bridgehead atoms. The summed E-state index contributed by atoms with van der Waals surface area (Å²) in [5.41, 5.74) is 8.98. The average Bonchev–Trinajstić information content (AvgIpc) is 2.99. The lowest BCUT2D eigenvalue weighted by Crippen LogP contribution is -2.06. The van der Waals surface area contributed by atoms with Crippen LogP contribution >= 0.6 is 11.3 Å². The third-order valence-electron chi connectivity index (χ3n) is 3.15. The van der Waals surface area contributed by atoms with Crippen molar-refractivity contribution in [2.45, 2.75) is 20.0 Å². The topological polar surface area (TPSA) is 52.5 Å². The van der Waals surface area contributed by atoms with E-state index in [9.17, 15) is 0 Å². The van der Waals surface area contributed by atoms with Crippen molar-refractivity contribution in [3.05, 3.63) is 52.8 Å². The molecule has 4 nitrogen and oxygen atoms in total. The molecule has 0 saturated heterocycles. The molecule has 0 unspecified atom stereocenters. The van der Waals surface area contributed by atoms with Crippen LogP contribution in [0.25, 0.3) is 4.96 Å². The van der Waals surface area contributed by atoms with Crippen LogP contribution in [0.1, 0.15) is 16.8 Å². The van der Waals surface area contributed by atoms with E-state index in [1.807, 2.05) is 28.2 Å². The van der Waals surface area contributed by atoms with Gasteiger partial charge in [-0.05, 0) is 31.5 Å². The van der Waals surface area contributed by atoms with Gasteiger partial charge < -0.3 is 10.5 Å². The van der Waals surface area contributed by atoms with Crippen LogP contribution in [0.5, 0.6) is 5.75 Å². The van der Waals surface area contributed by atoms with Gasteiger partial charge >= 0.3 is 0 Å². The zero-order valence-corrected chi connectivity index (χ0v) is 12.2. The average molecular weight is 287 g/mol. The molecule has 3 aromatic rings. The number of nitrogens with zero attached hydrogens (tertiary/aromatic N) is 2. The Morgan fingerprint density at radius 2 is 2.30 bits per heavy atom. The van der Waals surface area contributed by atoms with E-state index < -0.39 is 0 Å². The van der Waals surface area contributed by atoms with Crippen LogP contribution in [0.15, 0.2) is 36.0 Å². The van der Waals surface area contributed by atoms with Crippen LogP contribution in [0.4, 0.5) is 0 Å². The maximum absolute atomic E-state index is 5.90. The first-order valence-electron chi connectivity index (χ1n) is 6.60. The maximum atomic E-state index is 5.90. The molecule has 5 heteroatoms. The molecule has 20 heavy (non-hydrogen) atoms. The second kappa shape index (κ2) is 5.64. The molecule has 0 fully saturated rings. The van der Waals surface area contributed by atoms with E-state index in [1.165, 1.54) is 5.56 Å². The number of fused-ring (bicyclic) bond motifs is 1. The summed E-state index contributed by atoms with van der Waals surface area (Å²) < 4.78 is 7.92. The molecule has 0 aliphatic heterocycles. The molecule has 0 saturated carbocycles. The molecule has 0 radical (unpaired) electrons.